The van der Waals surface area contributed by atoms with Gasteiger partial charge in [0.25, 0.3) is 0 Å². The van der Waals surface area contributed by atoms with E-state index >= 15 is 0 Å². The maximum Gasteiger partial charge on any atom is 0.0758 e. The van der Waals surface area contributed by atoms with Crippen molar-refractivity contribution in [2.75, 3.05) is 6.54 Å². The minimum Gasteiger partial charge on any atom is -0.310 e. The van der Waals surface area contributed by atoms with Crippen LogP contribution < -0.4 is 5.32 Å². The van der Waals surface area contributed by atoms with E-state index in [0.29, 0.717) is 11.5 Å². The van der Waals surface area contributed by atoms with Crippen molar-refractivity contribution in [2.24, 2.45) is 17.3 Å². The van der Waals surface area contributed by atoms with Gasteiger partial charge in [0, 0.05) is 6.04 Å². The topological polar surface area (TPSA) is 12.0 Å². The lowest BCUT2D eigenvalue weighted by Crippen LogP contribution is -2.33. The Labute approximate surface area is 150 Å². The van der Waals surface area contributed by atoms with Gasteiger partial charge in [0.15, 0.2) is 0 Å². The fourth-order valence-corrected chi connectivity index (χ4v) is 6.56. The first kappa shape index (κ1) is 18.0. The van der Waals surface area contributed by atoms with Crippen molar-refractivity contribution in [1.82, 2.24) is 5.32 Å². The van der Waals surface area contributed by atoms with Crippen LogP contribution in [-0.2, 0) is 0 Å². The van der Waals surface area contributed by atoms with Crippen molar-refractivity contribution in [3.63, 3.8) is 0 Å². The summed E-state index contributed by atoms with van der Waals surface area (Å²) < 4.78 is 2.49. The number of rotatable bonds is 4. The highest BCUT2D eigenvalue weighted by Gasteiger charge is 2.34. The predicted molar refractivity (Wildman–Crippen MR) is 101 cm³/mol. The summed E-state index contributed by atoms with van der Waals surface area (Å²) >= 11 is 9.15. The molecule has 0 saturated heterocycles. The molecule has 2 rings (SSSR count). The summed E-state index contributed by atoms with van der Waals surface area (Å²) in [5.41, 5.74) is 1.90. The molecule has 1 atom stereocenters. The summed E-state index contributed by atoms with van der Waals surface area (Å²) in [5.74, 6) is 1.65. The van der Waals surface area contributed by atoms with Gasteiger partial charge in [0.05, 0.1) is 7.57 Å². The highest BCUT2D eigenvalue weighted by atomic mass is 79.9. The largest absolute Gasteiger partial charge is 0.310 e. The molecule has 120 valence electrons. The summed E-state index contributed by atoms with van der Waals surface area (Å²) in [5, 5.41) is 3.73. The molecule has 0 amide bonds. The average molecular weight is 437 g/mol. The maximum atomic E-state index is 3.75. The first-order valence-corrected chi connectivity index (χ1v) is 10.4. The average Bonchev–Trinajstić information content (AvgIpc) is 2.74. The summed E-state index contributed by atoms with van der Waals surface area (Å²) in [7, 11) is 0. The summed E-state index contributed by atoms with van der Waals surface area (Å²) in [4.78, 5) is 0. The van der Waals surface area contributed by atoms with Crippen LogP contribution in [0.15, 0.2) is 13.6 Å². The standard InChI is InChI=1S/C17H27Br2NS/c1-5-20-15(13-10-14(18)21-16(13)19)11-6-8-12(9-7-11)17(2,3)4/h10-12,15,20H,5-9H2,1-4H3. The molecule has 21 heavy (non-hydrogen) atoms. The van der Waals surface area contributed by atoms with Gasteiger partial charge in [-0.1, -0.05) is 27.7 Å². The molecule has 1 nitrogen and oxygen atoms in total. The molecule has 4 heteroatoms. The second-order valence-corrected chi connectivity index (χ2v) is 11.0. The van der Waals surface area contributed by atoms with Crippen LogP contribution in [0.3, 0.4) is 0 Å². The van der Waals surface area contributed by atoms with Gasteiger partial charge in [0.1, 0.15) is 0 Å². The Balaban J connectivity index is 2.09. The van der Waals surface area contributed by atoms with Gasteiger partial charge in [-0.05, 0) is 93.0 Å². The third-order valence-electron chi connectivity index (χ3n) is 4.91. The minimum absolute atomic E-state index is 0.463. The number of hydrogen-bond donors (Lipinski definition) is 1. The number of hydrogen-bond acceptors (Lipinski definition) is 2. The molecule has 1 aromatic rings. The van der Waals surface area contributed by atoms with E-state index in [4.69, 9.17) is 0 Å². The van der Waals surface area contributed by atoms with Crippen molar-refractivity contribution in [3.05, 3.63) is 19.2 Å². The Hall–Kier alpha value is 0.620. The Morgan fingerprint density at radius 2 is 1.86 bits per heavy atom. The van der Waals surface area contributed by atoms with Crippen molar-refractivity contribution in [3.8, 4) is 0 Å². The predicted octanol–water partition coefficient (Wildman–Crippen LogP) is 6.78. The number of thiophene rings is 1. The van der Waals surface area contributed by atoms with E-state index in [-0.39, 0.29) is 0 Å². The molecule has 1 unspecified atom stereocenters. The third kappa shape index (κ3) is 4.55. The number of halogens is 2. The fourth-order valence-electron chi connectivity index (χ4n) is 3.63. The molecule has 0 spiro atoms. The second-order valence-electron chi connectivity index (χ2n) is 7.29. The van der Waals surface area contributed by atoms with Gasteiger partial charge in [-0.2, -0.15) is 0 Å². The van der Waals surface area contributed by atoms with E-state index in [9.17, 15) is 0 Å². The van der Waals surface area contributed by atoms with Crippen LogP contribution in [0.2, 0.25) is 0 Å². The van der Waals surface area contributed by atoms with Crippen molar-refractivity contribution < 1.29 is 0 Å². The Morgan fingerprint density at radius 1 is 1.24 bits per heavy atom. The number of nitrogens with one attached hydrogen (secondary N) is 1. The molecule has 0 aliphatic heterocycles. The van der Waals surface area contributed by atoms with Gasteiger partial charge in [-0.25, -0.2) is 0 Å². The molecule has 0 aromatic carbocycles. The molecule has 1 aromatic heterocycles. The first-order chi connectivity index (χ1) is 9.82. The van der Waals surface area contributed by atoms with E-state index in [2.05, 4.69) is 70.9 Å². The molecule has 1 aliphatic rings. The quantitative estimate of drug-likeness (QED) is 0.548. The molecule has 1 N–H and O–H groups in total. The Bertz CT molecular complexity index is 456. The monoisotopic (exact) mass is 435 g/mol. The smallest absolute Gasteiger partial charge is 0.0758 e. The van der Waals surface area contributed by atoms with Gasteiger partial charge < -0.3 is 5.32 Å². The lowest BCUT2D eigenvalue weighted by atomic mass is 9.68. The van der Waals surface area contributed by atoms with Crippen LogP contribution >= 0.6 is 43.2 Å². The lowest BCUT2D eigenvalue weighted by molar-refractivity contribution is 0.133. The highest BCUT2D eigenvalue weighted by molar-refractivity contribution is 9.12. The van der Waals surface area contributed by atoms with Crippen LogP contribution in [0.4, 0.5) is 0 Å². The second kappa shape index (κ2) is 7.46. The molecule has 1 aliphatic carbocycles. The fraction of sp³-hybridized carbons (Fsp3) is 0.765. The first-order valence-electron chi connectivity index (χ1n) is 8.01. The van der Waals surface area contributed by atoms with Crippen LogP contribution in [0.5, 0.6) is 0 Å². The summed E-state index contributed by atoms with van der Waals surface area (Å²) in [6.07, 6.45) is 5.44. The van der Waals surface area contributed by atoms with E-state index < -0.39 is 0 Å². The van der Waals surface area contributed by atoms with Crippen molar-refractivity contribution >= 4 is 43.2 Å². The van der Waals surface area contributed by atoms with Crippen molar-refractivity contribution in [2.45, 2.75) is 59.4 Å². The SMILES string of the molecule is CCNC(c1cc(Br)sc1Br)C1CCC(C(C)(C)C)CC1. The third-order valence-corrected chi connectivity index (χ3v) is 7.30. The van der Waals surface area contributed by atoms with E-state index in [1.807, 2.05) is 0 Å². The molecule has 0 radical (unpaired) electrons. The maximum absolute atomic E-state index is 3.75. The van der Waals surface area contributed by atoms with Crippen LogP contribution in [0, 0.1) is 17.3 Å². The van der Waals surface area contributed by atoms with Gasteiger partial charge in [-0.15, -0.1) is 11.3 Å². The molecule has 1 fully saturated rings. The molecule has 0 bridgehead atoms. The highest BCUT2D eigenvalue weighted by Crippen LogP contribution is 2.46. The van der Waals surface area contributed by atoms with Gasteiger partial charge in [0.2, 0.25) is 0 Å². The van der Waals surface area contributed by atoms with Gasteiger partial charge >= 0.3 is 0 Å². The molecular formula is C17H27Br2NS. The normalized spacial score (nSPS) is 25.0. The van der Waals surface area contributed by atoms with Gasteiger partial charge in [-0.3, -0.25) is 0 Å². The van der Waals surface area contributed by atoms with Crippen LogP contribution in [-0.4, -0.2) is 6.54 Å². The lowest BCUT2D eigenvalue weighted by Gasteiger charge is -2.39. The summed E-state index contributed by atoms with van der Waals surface area (Å²) in [6, 6.07) is 2.78. The molecular weight excluding hydrogens is 410 g/mol. The van der Waals surface area contributed by atoms with E-state index in [1.165, 1.54) is 38.8 Å². The zero-order valence-corrected chi connectivity index (χ0v) is 17.5. The Kier molecular flexibility index (Phi) is 6.38. The summed E-state index contributed by atoms with van der Waals surface area (Å²) in [6.45, 7) is 10.4. The molecule has 1 heterocycles. The van der Waals surface area contributed by atoms with Crippen LogP contribution in [0.25, 0.3) is 0 Å². The molecule has 1 saturated carbocycles. The van der Waals surface area contributed by atoms with Crippen molar-refractivity contribution in [1.29, 1.82) is 0 Å². The Morgan fingerprint density at radius 3 is 2.29 bits per heavy atom. The van der Waals surface area contributed by atoms with E-state index in [0.717, 1.165) is 18.4 Å². The minimum atomic E-state index is 0.463. The zero-order chi connectivity index (χ0) is 15.6. The van der Waals surface area contributed by atoms with Crippen LogP contribution in [0.1, 0.15) is 65.0 Å². The van der Waals surface area contributed by atoms with E-state index in [1.54, 1.807) is 11.3 Å². The zero-order valence-electron chi connectivity index (χ0n) is 13.5.